The van der Waals surface area contributed by atoms with Gasteiger partial charge in [-0.15, -0.1) is 0 Å². The van der Waals surface area contributed by atoms with Crippen LogP contribution in [0, 0.1) is 11.8 Å². The van der Waals surface area contributed by atoms with Crippen LogP contribution in [0.3, 0.4) is 0 Å². The lowest BCUT2D eigenvalue weighted by Gasteiger charge is -2.56. The normalized spacial score (nSPS) is 18.7. The molecule has 1 saturated carbocycles. The molecule has 1 fully saturated rings. The summed E-state index contributed by atoms with van der Waals surface area (Å²) < 4.78 is 0. The molecule has 2 unspecified atom stereocenters. The largest absolute Gasteiger partial charge is 0.0625 e. The minimum absolute atomic E-state index is 0.0237. The Morgan fingerprint density at radius 2 is 0.766 bits per heavy atom. The Morgan fingerprint density at radius 1 is 0.447 bits per heavy atom. The molecule has 0 heterocycles. The van der Waals surface area contributed by atoms with Crippen LogP contribution in [0.1, 0.15) is 79.3 Å². The van der Waals surface area contributed by atoms with E-state index in [0.29, 0.717) is 11.8 Å². The van der Waals surface area contributed by atoms with Crippen LogP contribution >= 0.6 is 0 Å². The monoisotopic (exact) mass is 612 g/mol. The number of hydrogen-bond donors (Lipinski definition) is 0. The zero-order valence-electron chi connectivity index (χ0n) is 28.2. The Labute approximate surface area is 283 Å². The lowest BCUT2D eigenvalue weighted by atomic mass is 9.47. The van der Waals surface area contributed by atoms with Crippen molar-refractivity contribution >= 4 is 0 Å². The van der Waals surface area contributed by atoms with E-state index in [9.17, 15) is 0 Å². The van der Waals surface area contributed by atoms with Crippen molar-refractivity contribution in [1.29, 1.82) is 0 Å². The van der Waals surface area contributed by atoms with E-state index in [1.165, 1.54) is 52.6 Å². The Kier molecular flexibility index (Phi) is 10.2. The fourth-order valence-electron chi connectivity index (χ4n) is 8.17. The summed E-state index contributed by atoms with van der Waals surface area (Å²) in [6.07, 6.45) is 3.71. The van der Waals surface area contributed by atoms with Crippen LogP contribution in [0.4, 0.5) is 0 Å². The zero-order valence-corrected chi connectivity index (χ0v) is 28.2. The summed E-state index contributed by atoms with van der Waals surface area (Å²) in [6.45, 7) is 7.31. The van der Waals surface area contributed by atoms with Gasteiger partial charge in [-0.3, -0.25) is 0 Å². The van der Waals surface area contributed by atoms with Gasteiger partial charge in [0.25, 0.3) is 0 Å². The van der Waals surface area contributed by atoms with E-state index in [-0.39, 0.29) is 10.8 Å². The molecular formula is C47H48. The highest BCUT2D eigenvalue weighted by atomic mass is 14.6. The van der Waals surface area contributed by atoms with Crippen molar-refractivity contribution in [1.82, 2.24) is 0 Å². The summed E-state index contributed by atoms with van der Waals surface area (Å²) in [6, 6.07) is 65.8. The fraction of sp³-hybridized carbons (Fsp3) is 0.234. The third-order valence-corrected chi connectivity index (χ3v) is 10.8. The van der Waals surface area contributed by atoms with Gasteiger partial charge in [0.05, 0.1) is 0 Å². The average Bonchev–Trinajstić information content (AvgIpc) is 3.15. The van der Waals surface area contributed by atoms with Crippen LogP contribution in [-0.2, 0) is 10.8 Å². The van der Waals surface area contributed by atoms with Gasteiger partial charge in [-0.1, -0.05) is 203 Å². The average molecular weight is 613 g/mol. The second-order valence-corrected chi connectivity index (χ2v) is 13.7. The van der Waals surface area contributed by atoms with Gasteiger partial charge in [-0.05, 0) is 64.5 Å². The van der Waals surface area contributed by atoms with Gasteiger partial charge in [0.1, 0.15) is 0 Å². The van der Waals surface area contributed by atoms with Crippen LogP contribution in [0.5, 0.6) is 0 Å². The summed E-state index contributed by atoms with van der Waals surface area (Å²) in [4.78, 5) is 0. The predicted octanol–water partition coefficient (Wildman–Crippen LogP) is 12.3. The van der Waals surface area contributed by atoms with Gasteiger partial charge in [0.2, 0.25) is 0 Å². The highest BCUT2D eigenvalue weighted by molar-refractivity contribution is 5.49. The zero-order chi connectivity index (χ0) is 32.5. The van der Waals surface area contributed by atoms with Gasteiger partial charge < -0.3 is 0 Å². The Balaban J connectivity index is 0.000000177. The third kappa shape index (κ3) is 6.75. The molecule has 7 rings (SSSR count). The molecule has 6 aromatic rings. The molecule has 0 radical (unpaired) electrons. The van der Waals surface area contributed by atoms with Gasteiger partial charge >= 0.3 is 0 Å². The smallest absolute Gasteiger partial charge is 0.0339 e. The van der Waals surface area contributed by atoms with E-state index in [1.54, 1.807) is 0 Å². The fourth-order valence-corrected chi connectivity index (χ4v) is 8.17. The molecule has 0 N–H and O–H groups in total. The Bertz CT molecular complexity index is 1630. The SMILES string of the molecule is CC(C)C1CCC(C)(c2ccccc2)C(c2ccccc2)(c2ccccc2)C1.c1ccc(C(c2ccccc2)c2ccccc2)cc1. The molecule has 0 heteroatoms. The first-order valence-electron chi connectivity index (χ1n) is 17.3. The minimum Gasteiger partial charge on any atom is -0.0625 e. The van der Waals surface area contributed by atoms with Crippen LogP contribution in [-0.4, -0.2) is 0 Å². The first-order valence-corrected chi connectivity index (χ1v) is 17.3. The molecule has 0 amide bonds. The van der Waals surface area contributed by atoms with Crippen molar-refractivity contribution < 1.29 is 0 Å². The molecule has 0 spiro atoms. The molecule has 0 bridgehead atoms. The molecule has 0 nitrogen and oxygen atoms in total. The molecule has 6 aromatic carbocycles. The Morgan fingerprint density at radius 3 is 1.11 bits per heavy atom. The van der Waals surface area contributed by atoms with Gasteiger partial charge in [-0.2, -0.15) is 0 Å². The predicted molar refractivity (Wildman–Crippen MR) is 200 cm³/mol. The first-order chi connectivity index (χ1) is 23.0. The topological polar surface area (TPSA) is 0 Å². The highest BCUT2D eigenvalue weighted by Gasteiger charge is 2.54. The molecule has 1 aliphatic carbocycles. The Hall–Kier alpha value is -4.68. The van der Waals surface area contributed by atoms with Crippen molar-refractivity contribution in [2.24, 2.45) is 11.8 Å². The molecule has 1 aliphatic rings. The van der Waals surface area contributed by atoms with Gasteiger partial charge in [0.15, 0.2) is 0 Å². The third-order valence-electron chi connectivity index (χ3n) is 10.8. The molecule has 0 aromatic heterocycles. The number of benzene rings is 6. The highest BCUT2D eigenvalue weighted by Crippen LogP contribution is 2.59. The lowest BCUT2D eigenvalue weighted by Crippen LogP contribution is -2.53. The summed E-state index contributed by atoms with van der Waals surface area (Å²) in [5.74, 6) is 1.74. The van der Waals surface area contributed by atoms with Crippen molar-refractivity contribution in [3.05, 3.63) is 215 Å². The first kappa shape index (κ1) is 32.3. The van der Waals surface area contributed by atoms with Crippen molar-refractivity contribution in [3.63, 3.8) is 0 Å². The number of rotatable bonds is 7. The van der Waals surface area contributed by atoms with Crippen LogP contribution < -0.4 is 0 Å². The van der Waals surface area contributed by atoms with Crippen LogP contribution in [0.15, 0.2) is 182 Å². The van der Waals surface area contributed by atoms with Gasteiger partial charge in [0, 0.05) is 16.7 Å². The standard InChI is InChI=1S/C28H32.C19H16/c1-22(2)23-19-20-27(3,24-13-7-4-8-14-24)28(21-23,25-15-9-5-10-16-25)26-17-11-6-12-18-26;1-4-10-16(11-5-1)19(17-12-6-2-7-13-17)18-14-8-3-9-15-18/h4-18,22-23H,19-21H2,1-3H3;1-15,19H. The maximum atomic E-state index is 2.51. The van der Waals surface area contributed by atoms with Crippen LogP contribution in [0.2, 0.25) is 0 Å². The van der Waals surface area contributed by atoms with E-state index in [0.717, 1.165) is 5.92 Å². The van der Waals surface area contributed by atoms with Gasteiger partial charge in [-0.25, -0.2) is 0 Å². The van der Waals surface area contributed by atoms with E-state index >= 15 is 0 Å². The molecule has 0 saturated heterocycles. The maximum Gasteiger partial charge on any atom is 0.0339 e. The summed E-state index contributed by atoms with van der Waals surface area (Å²) in [5.41, 5.74) is 8.41. The van der Waals surface area contributed by atoms with Crippen molar-refractivity contribution in [2.45, 2.75) is 56.8 Å². The summed E-state index contributed by atoms with van der Waals surface area (Å²) in [7, 11) is 0. The minimum atomic E-state index is -0.0237. The van der Waals surface area contributed by atoms with E-state index in [4.69, 9.17) is 0 Å². The molecule has 47 heavy (non-hydrogen) atoms. The maximum absolute atomic E-state index is 2.51. The molecular weight excluding hydrogens is 565 g/mol. The summed E-state index contributed by atoms with van der Waals surface area (Å²) >= 11 is 0. The molecule has 2 atom stereocenters. The second-order valence-electron chi connectivity index (χ2n) is 13.7. The van der Waals surface area contributed by atoms with Crippen molar-refractivity contribution in [3.8, 4) is 0 Å². The number of hydrogen-bond acceptors (Lipinski definition) is 0. The van der Waals surface area contributed by atoms with E-state index in [1.807, 2.05) is 0 Å². The molecule has 0 aliphatic heterocycles. The van der Waals surface area contributed by atoms with Crippen molar-refractivity contribution in [2.75, 3.05) is 0 Å². The van der Waals surface area contributed by atoms with Crippen LogP contribution in [0.25, 0.3) is 0 Å². The second kappa shape index (κ2) is 14.8. The van der Waals surface area contributed by atoms with E-state index in [2.05, 4.69) is 203 Å². The lowest BCUT2D eigenvalue weighted by molar-refractivity contribution is 0.117. The quantitative estimate of drug-likeness (QED) is 0.157. The van der Waals surface area contributed by atoms with E-state index < -0.39 is 0 Å². The molecule has 236 valence electrons. The summed E-state index contributed by atoms with van der Waals surface area (Å²) in [5, 5.41) is 0.